The number of phenols is 1. The van der Waals surface area contributed by atoms with Gasteiger partial charge in [0.15, 0.2) is 0 Å². The summed E-state index contributed by atoms with van der Waals surface area (Å²) in [5.74, 6) is 0.273. The summed E-state index contributed by atoms with van der Waals surface area (Å²) in [6.45, 7) is 6.35. The van der Waals surface area contributed by atoms with Crippen LogP contribution in [-0.2, 0) is 20.1 Å². The Labute approximate surface area is 244 Å². The van der Waals surface area contributed by atoms with Gasteiger partial charge in [-0.25, -0.2) is 0 Å². The number of hydrogen-bond donors (Lipinski definition) is 1. The Bertz CT molecular complexity index is 1390. The molecule has 38 heavy (non-hydrogen) atoms. The van der Waals surface area contributed by atoms with Crippen molar-refractivity contribution in [2.45, 2.75) is 26.2 Å². The van der Waals surface area contributed by atoms with Crippen LogP contribution in [-0.4, -0.2) is 25.4 Å². The van der Waals surface area contributed by atoms with E-state index in [0.717, 1.165) is 44.8 Å². The number of nitrogens with zero attached hydrogens (tertiary/aromatic N) is 2. The fourth-order valence-corrected chi connectivity index (χ4v) is 4.44. The zero-order valence-corrected chi connectivity index (χ0v) is 26.0. The average molecular weight is 603 g/mol. The van der Waals surface area contributed by atoms with E-state index in [9.17, 15) is 5.11 Å². The van der Waals surface area contributed by atoms with Gasteiger partial charge in [-0.1, -0.05) is 86.6 Å². The fraction of sp³-hybridized carbons (Fsp3) is 0.194. The second-order valence-electron chi connectivity index (χ2n) is 9.64. The van der Waals surface area contributed by atoms with Gasteiger partial charge in [-0.3, -0.25) is 4.99 Å². The Balaban J connectivity index is 0.000000934. The van der Waals surface area contributed by atoms with E-state index in [1.807, 2.05) is 68.7 Å². The van der Waals surface area contributed by atoms with Crippen LogP contribution in [0.25, 0.3) is 11.1 Å². The molecule has 0 unspecified atom stereocenters. The molecule has 4 aromatic carbocycles. The second-order valence-corrected chi connectivity index (χ2v) is 17.4. The molecule has 0 bridgehead atoms. The number of benzene rings is 4. The van der Waals surface area contributed by atoms with Gasteiger partial charge in [0.25, 0.3) is 0 Å². The molecule has 0 saturated heterocycles. The molecule has 0 amide bonds. The monoisotopic (exact) mass is 601 g/mol. The summed E-state index contributed by atoms with van der Waals surface area (Å²) in [5, 5.41) is 11.3. The number of hydrogen-bond acceptors (Lipinski definition) is 3. The van der Waals surface area contributed by atoms with Crippen molar-refractivity contribution >= 4 is 45.5 Å². The van der Waals surface area contributed by atoms with E-state index in [-0.39, 0.29) is 11.2 Å². The van der Waals surface area contributed by atoms with E-state index in [0.29, 0.717) is 0 Å². The summed E-state index contributed by atoms with van der Waals surface area (Å²) in [4.78, 5) is 6.96. The molecule has 0 spiro atoms. The minimum atomic E-state index is -1.92. The van der Waals surface area contributed by atoms with Gasteiger partial charge in [0.2, 0.25) is 0 Å². The fourth-order valence-electron chi connectivity index (χ4n) is 4.44. The molecule has 0 fully saturated rings. The predicted molar refractivity (Wildman–Crippen MR) is 162 cm³/mol. The minimum absolute atomic E-state index is 0.273. The van der Waals surface area contributed by atoms with Gasteiger partial charge in [0.1, 0.15) is 5.75 Å². The normalized spacial score (nSPS) is 11.2. The van der Waals surface area contributed by atoms with Crippen molar-refractivity contribution in [2.75, 3.05) is 19.0 Å². The van der Waals surface area contributed by atoms with Gasteiger partial charge in [-0.2, -0.15) is 0 Å². The average Bonchev–Trinajstić information content (AvgIpc) is 2.89. The number of para-hydroxylation sites is 2. The van der Waals surface area contributed by atoms with Gasteiger partial charge in [0, 0.05) is 53.7 Å². The maximum absolute atomic E-state index is 11.3. The van der Waals surface area contributed by atoms with Crippen molar-refractivity contribution in [1.29, 1.82) is 0 Å². The molecule has 1 N–H and O–H groups in total. The molecule has 4 rings (SSSR count). The third kappa shape index (κ3) is 7.65. The molecule has 0 aliphatic rings. The second kappa shape index (κ2) is 13.7. The summed E-state index contributed by atoms with van der Waals surface area (Å²) < 4.78 is 0. The topological polar surface area (TPSA) is 35.8 Å². The molecule has 0 atom stereocenters. The zero-order chi connectivity index (χ0) is 27.9. The Morgan fingerprint density at radius 3 is 2.00 bits per heavy atom. The van der Waals surface area contributed by atoms with Crippen LogP contribution in [0.3, 0.4) is 0 Å². The first-order chi connectivity index (χ1) is 18.0. The van der Waals surface area contributed by atoms with Crippen LogP contribution in [0.4, 0.5) is 11.4 Å². The van der Waals surface area contributed by atoms with Crippen LogP contribution in [0.1, 0.15) is 36.1 Å². The van der Waals surface area contributed by atoms with Gasteiger partial charge in [-0.15, -0.1) is 0 Å². The summed E-state index contributed by atoms with van der Waals surface area (Å²) in [6, 6.07) is 30.8. The van der Waals surface area contributed by atoms with Crippen LogP contribution in [0.2, 0.25) is 0 Å². The number of anilines is 1. The summed E-state index contributed by atoms with van der Waals surface area (Å²) in [6.07, 6.45) is 1.78. The van der Waals surface area contributed by atoms with Crippen LogP contribution in [0.15, 0.2) is 96.0 Å². The van der Waals surface area contributed by atoms with Crippen molar-refractivity contribution in [2.24, 2.45) is 4.99 Å². The summed E-state index contributed by atoms with van der Waals surface area (Å²) in [5.41, 5.74) is 7.69. The molecule has 3 nitrogen and oxygen atoms in total. The first-order valence-electron chi connectivity index (χ1n) is 12.1. The molecule has 196 valence electrons. The molecule has 4 aromatic rings. The van der Waals surface area contributed by atoms with E-state index in [4.69, 9.17) is 32.9 Å². The number of aliphatic imine (C=N–C) groups is 1. The molecule has 0 aliphatic carbocycles. The quantitative estimate of drug-likeness (QED) is 0.176. The van der Waals surface area contributed by atoms with Crippen LogP contribution in [0.5, 0.6) is 5.75 Å². The van der Waals surface area contributed by atoms with Crippen LogP contribution < -0.4 is 4.90 Å². The van der Waals surface area contributed by atoms with E-state index in [1.165, 1.54) is 0 Å². The Kier molecular flexibility index (Phi) is 10.9. The first-order valence-corrected chi connectivity index (χ1v) is 18.6. The van der Waals surface area contributed by atoms with Gasteiger partial charge in [-0.05, 0) is 36.2 Å². The van der Waals surface area contributed by atoms with Crippen LogP contribution >= 0.6 is 27.9 Å². The van der Waals surface area contributed by atoms with E-state index >= 15 is 0 Å². The van der Waals surface area contributed by atoms with Crippen molar-refractivity contribution in [1.82, 2.24) is 0 Å². The number of halogens is 3. The van der Waals surface area contributed by atoms with Gasteiger partial charge >= 0.3 is 42.6 Å². The number of aromatic hydroxyl groups is 1. The molecule has 0 heterocycles. The van der Waals surface area contributed by atoms with E-state index in [1.54, 1.807) is 6.21 Å². The number of phenolic OH excluding ortho intramolecular Hbond substituents is 1. The first kappa shape index (κ1) is 30.3. The van der Waals surface area contributed by atoms with Gasteiger partial charge < -0.3 is 10.0 Å². The SMILES string of the molecule is Cc1cc(C=Nc2ccccc2-c2ccccc2N(C)C)c(O)c(C(C)(C)c2ccccc2)c1.[Cl][Ti+]([Cl])[Cl]. The molecule has 7 heteroatoms. The van der Waals surface area contributed by atoms with E-state index < -0.39 is 14.7 Å². The third-order valence-corrected chi connectivity index (χ3v) is 6.38. The zero-order valence-electron chi connectivity index (χ0n) is 22.2. The molecule has 0 radical (unpaired) electrons. The standard InChI is InChI=1S/C31H32N2O.3ClH.Ti/c1-22-19-23(30(34)27(20-22)31(2,3)24-13-7-6-8-14-24)21-32-28-17-11-9-15-25(28)26-16-10-12-18-29(26)33(4)5;;;;/h6-21,34H,1-5H3;3*1H;/q;;;;+4/p-3. The molecule has 0 aliphatic heterocycles. The Morgan fingerprint density at radius 1 is 0.816 bits per heavy atom. The van der Waals surface area contributed by atoms with Gasteiger partial charge in [0.05, 0.1) is 5.69 Å². The summed E-state index contributed by atoms with van der Waals surface area (Å²) in [7, 11) is 19.0. The molecule has 0 aromatic heterocycles. The third-order valence-electron chi connectivity index (χ3n) is 6.38. The van der Waals surface area contributed by atoms with Crippen molar-refractivity contribution in [3.05, 3.63) is 113 Å². The maximum atomic E-state index is 11.3. The van der Waals surface area contributed by atoms with E-state index in [2.05, 4.69) is 62.1 Å². The number of rotatable bonds is 6. The summed E-state index contributed by atoms with van der Waals surface area (Å²) >= 11 is -1.92. The van der Waals surface area contributed by atoms with Crippen molar-refractivity contribution in [3.8, 4) is 16.9 Å². The predicted octanol–water partition coefficient (Wildman–Crippen LogP) is 9.58. The molecular formula is C31H32Cl3N2OTi+. The molecule has 0 saturated carbocycles. The molecular weight excluding hydrogens is 571 g/mol. The number of aryl methyl sites for hydroxylation is 1. The van der Waals surface area contributed by atoms with Crippen molar-refractivity contribution < 1.29 is 19.8 Å². The Morgan fingerprint density at radius 2 is 1.37 bits per heavy atom. The van der Waals surface area contributed by atoms with Crippen molar-refractivity contribution in [3.63, 3.8) is 0 Å². The Hall–Kier alpha value is -2.27. The van der Waals surface area contributed by atoms with Crippen LogP contribution in [0, 0.1) is 6.92 Å².